The zero-order chi connectivity index (χ0) is 22.8. The van der Waals surface area contributed by atoms with Gasteiger partial charge in [-0.25, -0.2) is 9.97 Å². The highest BCUT2D eigenvalue weighted by Crippen LogP contribution is 2.35. The monoisotopic (exact) mass is 457 g/mol. The van der Waals surface area contributed by atoms with Gasteiger partial charge in [0.1, 0.15) is 0 Å². The Balaban J connectivity index is 1.35. The molecule has 7 heteroatoms. The molecule has 4 heterocycles. The third kappa shape index (κ3) is 4.79. The minimum absolute atomic E-state index is 0.282. The molecule has 33 heavy (non-hydrogen) atoms. The molecule has 0 unspecified atom stereocenters. The zero-order valence-corrected chi connectivity index (χ0v) is 19.7. The largest absolute Gasteiger partial charge is 0.324 e. The normalized spacial score (nSPS) is 15.1. The summed E-state index contributed by atoms with van der Waals surface area (Å²) in [5.74, 6) is 1.30. The Hall–Kier alpha value is -3.16. The Morgan fingerprint density at radius 1 is 1.09 bits per heavy atom. The molecule has 1 saturated heterocycles. The Labute approximate surface area is 197 Å². The molecule has 5 rings (SSSR count). The molecule has 0 bridgehead atoms. The SMILES string of the molecule is Cc1c(C(=O)CC2CCN(C)CC2)sc2ccc(Nc3nccc(-c4ccccn4)n3)cc12. The lowest BCUT2D eigenvalue weighted by molar-refractivity contribution is 0.0939. The minimum Gasteiger partial charge on any atom is -0.324 e. The summed E-state index contributed by atoms with van der Waals surface area (Å²) in [6, 6.07) is 13.8. The van der Waals surface area contributed by atoms with Crippen LogP contribution >= 0.6 is 11.3 Å². The van der Waals surface area contributed by atoms with Crippen LogP contribution in [0, 0.1) is 12.8 Å². The van der Waals surface area contributed by atoms with Crippen molar-refractivity contribution in [1.29, 1.82) is 0 Å². The molecule has 4 aromatic rings. The number of rotatable bonds is 6. The van der Waals surface area contributed by atoms with Crippen molar-refractivity contribution in [2.75, 3.05) is 25.5 Å². The van der Waals surface area contributed by atoms with Crippen LogP contribution in [0.15, 0.2) is 54.9 Å². The van der Waals surface area contributed by atoms with E-state index in [2.05, 4.69) is 51.3 Å². The van der Waals surface area contributed by atoms with E-state index in [9.17, 15) is 4.79 Å². The average molecular weight is 458 g/mol. The third-order valence-electron chi connectivity index (χ3n) is 6.34. The number of aromatic nitrogens is 3. The van der Waals surface area contributed by atoms with Crippen LogP contribution in [0.5, 0.6) is 0 Å². The Bertz CT molecular complexity index is 1280. The molecule has 0 radical (unpaired) electrons. The van der Waals surface area contributed by atoms with Crippen LogP contribution in [0.25, 0.3) is 21.5 Å². The number of Topliss-reactive ketones (excluding diaryl/α,β-unsaturated/α-hetero) is 1. The van der Waals surface area contributed by atoms with Crippen LogP contribution in [-0.2, 0) is 0 Å². The molecular weight excluding hydrogens is 430 g/mol. The molecule has 1 N–H and O–H groups in total. The number of hydrogen-bond donors (Lipinski definition) is 1. The lowest BCUT2D eigenvalue weighted by atomic mass is 9.91. The molecule has 0 saturated carbocycles. The fraction of sp³-hybridized carbons (Fsp3) is 0.308. The fourth-order valence-corrected chi connectivity index (χ4v) is 5.53. The fourth-order valence-electron chi connectivity index (χ4n) is 4.39. The molecule has 0 amide bonds. The summed E-state index contributed by atoms with van der Waals surface area (Å²) in [6.07, 6.45) is 6.35. The summed E-state index contributed by atoms with van der Waals surface area (Å²) in [5, 5.41) is 4.42. The van der Waals surface area contributed by atoms with Crippen molar-refractivity contribution >= 4 is 38.8 Å². The Kier molecular flexibility index (Phi) is 6.15. The van der Waals surface area contributed by atoms with E-state index in [1.165, 1.54) is 0 Å². The van der Waals surface area contributed by atoms with E-state index in [4.69, 9.17) is 0 Å². The number of anilines is 2. The molecule has 1 aliphatic heterocycles. The number of fused-ring (bicyclic) bond motifs is 1. The number of benzene rings is 1. The quantitative estimate of drug-likeness (QED) is 0.373. The summed E-state index contributed by atoms with van der Waals surface area (Å²) in [4.78, 5) is 29.7. The summed E-state index contributed by atoms with van der Waals surface area (Å²) < 4.78 is 1.13. The maximum Gasteiger partial charge on any atom is 0.227 e. The van der Waals surface area contributed by atoms with Crippen molar-refractivity contribution in [3.63, 3.8) is 0 Å². The van der Waals surface area contributed by atoms with E-state index in [0.29, 0.717) is 18.3 Å². The van der Waals surface area contributed by atoms with Gasteiger partial charge in [0.2, 0.25) is 5.95 Å². The molecule has 1 aliphatic rings. The molecule has 168 valence electrons. The minimum atomic E-state index is 0.282. The van der Waals surface area contributed by atoms with Gasteiger partial charge in [0.25, 0.3) is 0 Å². The van der Waals surface area contributed by atoms with Crippen molar-refractivity contribution in [1.82, 2.24) is 19.9 Å². The molecule has 3 aromatic heterocycles. The lowest BCUT2D eigenvalue weighted by Gasteiger charge is -2.28. The van der Waals surface area contributed by atoms with Crippen molar-refractivity contribution in [2.24, 2.45) is 5.92 Å². The van der Waals surface area contributed by atoms with Gasteiger partial charge < -0.3 is 10.2 Å². The topological polar surface area (TPSA) is 71.0 Å². The van der Waals surface area contributed by atoms with Gasteiger partial charge in [-0.05, 0) is 93.2 Å². The summed E-state index contributed by atoms with van der Waals surface area (Å²) >= 11 is 1.61. The second-order valence-electron chi connectivity index (χ2n) is 8.75. The van der Waals surface area contributed by atoms with Crippen molar-refractivity contribution in [2.45, 2.75) is 26.2 Å². The highest BCUT2D eigenvalue weighted by Gasteiger charge is 2.23. The third-order valence-corrected chi connectivity index (χ3v) is 7.65. The zero-order valence-electron chi connectivity index (χ0n) is 18.9. The van der Waals surface area contributed by atoms with Crippen molar-refractivity contribution in [3.8, 4) is 11.4 Å². The van der Waals surface area contributed by atoms with Gasteiger partial charge >= 0.3 is 0 Å². The van der Waals surface area contributed by atoms with Crippen molar-refractivity contribution in [3.05, 3.63) is 65.3 Å². The molecule has 0 spiro atoms. The average Bonchev–Trinajstić information content (AvgIpc) is 3.17. The highest BCUT2D eigenvalue weighted by molar-refractivity contribution is 7.21. The number of aryl methyl sites for hydroxylation is 1. The molecule has 1 aromatic carbocycles. The van der Waals surface area contributed by atoms with Crippen LogP contribution in [0.1, 0.15) is 34.5 Å². The maximum atomic E-state index is 13.1. The van der Waals surface area contributed by atoms with E-state index in [1.807, 2.05) is 30.3 Å². The standard InChI is InChI=1S/C26H27N5OS/c1-17-20-16-19(29-26-28-12-8-22(30-26)21-5-3-4-11-27-21)6-7-24(20)33-25(17)23(32)15-18-9-13-31(2)14-10-18/h3-8,11-12,16,18H,9-10,13-15H2,1-2H3,(H,28,29,30). The Morgan fingerprint density at radius 3 is 2.73 bits per heavy atom. The number of thiophene rings is 1. The first-order valence-corrected chi connectivity index (χ1v) is 12.1. The number of carbonyl (C=O) groups is 1. The number of hydrogen-bond acceptors (Lipinski definition) is 7. The van der Waals surface area contributed by atoms with Gasteiger partial charge in [0.05, 0.1) is 16.3 Å². The number of likely N-dealkylation sites (tertiary alicyclic amines) is 1. The van der Waals surface area contributed by atoms with Crippen LogP contribution in [0.2, 0.25) is 0 Å². The van der Waals surface area contributed by atoms with E-state index >= 15 is 0 Å². The first kappa shape index (κ1) is 21.7. The number of ketones is 1. The smallest absolute Gasteiger partial charge is 0.227 e. The maximum absolute atomic E-state index is 13.1. The molecule has 0 aliphatic carbocycles. The number of nitrogens with one attached hydrogen (secondary N) is 1. The van der Waals surface area contributed by atoms with E-state index in [0.717, 1.165) is 63.5 Å². The van der Waals surface area contributed by atoms with Crippen LogP contribution in [0.3, 0.4) is 0 Å². The predicted octanol–water partition coefficient (Wildman–Crippen LogP) is 5.72. The highest BCUT2D eigenvalue weighted by atomic mass is 32.1. The van der Waals surface area contributed by atoms with Crippen LogP contribution in [0.4, 0.5) is 11.6 Å². The van der Waals surface area contributed by atoms with E-state index in [-0.39, 0.29) is 5.78 Å². The molecular formula is C26H27N5OS. The van der Waals surface area contributed by atoms with Crippen LogP contribution < -0.4 is 5.32 Å². The number of pyridine rings is 1. The van der Waals surface area contributed by atoms with Gasteiger partial charge in [0, 0.05) is 29.2 Å². The molecule has 6 nitrogen and oxygen atoms in total. The molecule has 0 atom stereocenters. The Morgan fingerprint density at radius 2 is 1.94 bits per heavy atom. The number of nitrogens with zero attached hydrogens (tertiary/aromatic N) is 4. The summed E-state index contributed by atoms with van der Waals surface area (Å²) in [5.41, 5.74) is 3.54. The van der Waals surface area contributed by atoms with Gasteiger partial charge in [-0.3, -0.25) is 9.78 Å². The first-order valence-electron chi connectivity index (χ1n) is 11.3. The second kappa shape index (κ2) is 9.37. The van der Waals surface area contributed by atoms with Gasteiger partial charge in [-0.1, -0.05) is 6.07 Å². The predicted molar refractivity (Wildman–Crippen MR) is 134 cm³/mol. The second-order valence-corrected chi connectivity index (χ2v) is 9.80. The van der Waals surface area contributed by atoms with Gasteiger partial charge in [-0.2, -0.15) is 0 Å². The van der Waals surface area contributed by atoms with Crippen molar-refractivity contribution < 1.29 is 4.79 Å². The van der Waals surface area contributed by atoms with Gasteiger partial charge in [0.15, 0.2) is 5.78 Å². The summed E-state index contributed by atoms with van der Waals surface area (Å²) in [7, 11) is 2.15. The number of carbonyl (C=O) groups excluding carboxylic acids is 1. The van der Waals surface area contributed by atoms with Crippen LogP contribution in [-0.4, -0.2) is 45.8 Å². The lowest BCUT2D eigenvalue weighted by Crippen LogP contribution is -2.31. The first-order chi connectivity index (χ1) is 16.1. The number of piperidine rings is 1. The molecule has 1 fully saturated rings. The summed E-state index contributed by atoms with van der Waals surface area (Å²) in [6.45, 7) is 4.23. The van der Waals surface area contributed by atoms with Gasteiger partial charge in [-0.15, -0.1) is 11.3 Å². The van der Waals surface area contributed by atoms with E-state index in [1.54, 1.807) is 23.7 Å². The van der Waals surface area contributed by atoms with E-state index < -0.39 is 0 Å².